The predicted octanol–water partition coefficient (Wildman–Crippen LogP) is 6.66. The highest BCUT2D eigenvalue weighted by Crippen LogP contribution is 2.33. The fourth-order valence-electron chi connectivity index (χ4n) is 2.04. The van der Waals surface area contributed by atoms with Crippen molar-refractivity contribution in [2.24, 2.45) is 0 Å². The van der Waals surface area contributed by atoms with Crippen LogP contribution in [0, 0.1) is 0 Å². The van der Waals surface area contributed by atoms with E-state index in [4.69, 9.17) is 11.6 Å². The molecule has 0 aliphatic carbocycles. The molecule has 3 aromatic heterocycles. The minimum absolute atomic E-state index is 0.474. The number of rotatable bonds is 4. The molecule has 0 aromatic carbocycles. The highest BCUT2D eigenvalue weighted by molar-refractivity contribution is 9.10. The molecule has 0 atom stereocenters. The summed E-state index contributed by atoms with van der Waals surface area (Å²) in [5.74, 6) is 0. The van der Waals surface area contributed by atoms with Gasteiger partial charge in [0.25, 0.3) is 0 Å². The van der Waals surface area contributed by atoms with Crippen molar-refractivity contribution in [1.29, 1.82) is 0 Å². The van der Waals surface area contributed by atoms with E-state index in [1.165, 1.54) is 0 Å². The zero-order valence-corrected chi connectivity index (χ0v) is 17.9. The molecular formula is C17H24BrClN4S. The Morgan fingerprint density at radius 2 is 2.00 bits per heavy atom. The number of halogens is 2. The molecule has 4 nitrogen and oxygen atoms in total. The van der Waals surface area contributed by atoms with Crippen molar-refractivity contribution >= 4 is 55.6 Å². The first kappa shape index (κ1) is 20.9. The number of thiazole rings is 1. The molecule has 2 N–H and O–H groups in total. The number of anilines is 1. The van der Waals surface area contributed by atoms with Gasteiger partial charge in [-0.25, -0.2) is 9.97 Å². The topological polar surface area (TPSA) is 53.6 Å². The summed E-state index contributed by atoms with van der Waals surface area (Å²) in [5.41, 5.74) is 3.88. The molecule has 24 heavy (non-hydrogen) atoms. The van der Waals surface area contributed by atoms with Crippen LogP contribution in [0.25, 0.3) is 11.0 Å². The summed E-state index contributed by atoms with van der Waals surface area (Å²) < 4.78 is 0.981. The van der Waals surface area contributed by atoms with Crippen LogP contribution < -0.4 is 5.32 Å². The lowest BCUT2D eigenvalue weighted by Gasteiger charge is -2.06. The summed E-state index contributed by atoms with van der Waals surface area (Å²) in [6.45, 7) is 10.8. The smallest absolute Gasteiger partial charge is 0.132 e. The van der Waals surface area contributed by atoms with Crippen LogP contribution in [0.2, 0.25) is 5.15 Å². The van der Waals surface area contributed by atoms with Gasteiger partial charge in [0.1, 0.15) is 15.7 Å². The van der Waals surface area contributed by atoms with Crippen LogP contribution in [-0.2, 0) is 13.0 Å². The Morgan fingerprint density at radius 3 is 2.58 bits per heavy atom. The summed E-state index contributed by atoms with van der Waals surface area (Å²) in [6, 6.07) is 1.83. The fourth-order valence-corrected chi connectivity index (χ4v) is 3.46. The number of nitrogens with one attached hydrogen (secondary N) is 2. The quantitative estimate of drug-likeness (QED) is 0.454. The Bertz CT molecular complexity index is 741. The van der Waals surface area contributed by atoms with Crippen molar-refractivity contribution in [3.8, 4) is 0 Å². The van der Waals surface area contributed by atoms with Gasteiger partial charge in [0.05, 0.1) is 22.2 Å². The number of hydrogen-bond donors (Lipinski definition) is 2. The summed E-state index contributed by atoms with van der Waals surface area (Å²) in [5, 5.41) is 6.84. The summed E-state index contributed by atoms with van der Waals surface area (Å²) in [7, 11) is 0. The van der Waals surface area contributed by atoms with E-state index in [1.54, 1.807) is 17.5 Å². The van der Waals surface area contributed by atoms with Gasteiger partial charge in [0.15, 0.2) is 0 Å². The van der Waals surface area contributed by atoms with Gasteiger partial charge in [0, 0.05) is 23.3 Å². The minimum atomic E-state index is 0.474. The SMILES string of the molecule is CC.CC.CCc1[nH]c2c(NCc3nccs3)cc(Cl)nc2c1Br. The van der Waals surface area contributed by atoms with Crippen molar-refractivity contribution < 1.29 is 0 Å². The van der Waals surface area contributed by atoms with E-state index in [0.29, 0.717) is 11.7 Å². The van der Waals surface area contributed by atoms with Crippen molar-refractivity contribution in [2.75, 3.05) is 5.32 Å². The standard InChI is InChI=1S/C13H12BrClN4S.2C2H6/c1-2-7-11(14)13-12(18-7)8(5-9(15)19-13)17-6-10-16-3-4-20-10;2*1-2/h3-5,18H,2,6H2,1H3,(H,17,19);2*1-2H3. The number of fused-ring (bicyclic) bond motifs is 1. The normalized spacial score (nSPS) is 9.79. The molecule has 0 radical (unpaired) electrons. The Balaban J connectivity index is 0.000000671. The number of hydrogen-bond acceptors (Lipinski definition) is 4. The first-order valence-electron chi connectivity index (χ1n) is 8.18. The molecular weight excluding hydrogens is 408 g/mol. The Hall–Kier alpha value is -1.11. The Kier molecular flexibility index (Phi) is 9.33. The third kappa shape index (κ3) is 4.94. The molecule has 0 saturated heterocycles. The van der Waals surface area contributed by atoms with E-state index in [1.807, 2.05) is 39.1 Å². The molecule has 3 rings (SSSR count). The van der Waals surface area contributed by atoms with Crippen LogP contribution in [0.15, 0.2) is 22.1 Å². The largest absolute Gasteiger partial charge is 0.377 e. The Morgan fingerprint density at radius 1 is 1.29 bits per heavy atom. The molecule has 3 heterocycles. The maximum atomic E-state index is 6.11. The zero-order valence-electron chi connectivity index (χ0n) is 14.7. The monoisotopic (exact) mass is 430 g/mol. The van der Waals surface area contributed by atoms with E-state index >= 15 is 0 Å². The molecule has 7 heteroatoms. The van der Waals surface area contributed by atoms with Crippen LogP contribution in [0.5, 0.6) is 0 Å². The second-order valence-corrected chi connectivity index (χ2v) is 6.43. The Labute approximate surface area is 161 Å². The average Bonchev–Trinajstić information content (AvgIpc) is 3.25. The molecule has 0 spiro atoms. The first-order valence-corrected chi connectivity index (χ1v) is 10.2. The van der Waals surface area contributed by atoms with Gasteiger partial charge >= 0.3 is 0 Å². The van der Waals surface area contributed by atoms with E-state index in [9.17, 15) is 0 Å². The van der Waals surface area contributed by atoms with E-state index in [-0.39, 0.29) is 0 Å². The van der Waals surface area contributed by atoms with Crippen LogP contribution >= 0.6 is 38.9 Å². The zero-order chi connectivity index (χ0) is 18.1. The molecule has 0 amide bonds. The van der Waals surface area contributed by atoms with Crippen LogP contribution in [0.1, 0.15) is 45.3 Å². The van der Waals surface area contributed by atoms with Gasteiger partial charge in [-0.15, -0.1) is 11.3 Å². The van der Waals surface area contributed by atoms with Gasteiger partial charge in [-0.1, -0.05) is 46.2 Å². The number of aromatic nitrogens is 3. The van der Waals surface area contributed by atoms with Gasteiger partial charge in [0.2, 0.25) is 0 Å². The maximum absolute atomic E-state index is 6.11. The highest BCUT2D eigenvalue weighted by atomic mass is 79.9. The molecule has 0 unspecified atom stereocenters. The number of aromatic amines is 1. The molecule has 0 aliphatic rings. The van der Waals surface area contributed by atoms with Crippen LogP contribution in [-0.4, -0.2) is 15.0 Å². The average molecular weight is 432 g/mol. The van der Waals surface area contributed by atoms with Gasteiger partial charge in [-0.3, -0.25) is 0 Å². The van der Waals surface area contributed by atoms with E-state index in [0.717, 1.165) is 38.3 Å². The second-order valence-electron chi connectivity index (χ2n) is 4.27. The fraction of sp³-hybridized carbons (Fsp3) is 0.412. The third-order valence-corrected chi connectivity index (χ3v) is 4.83. The van der Waals surface area contributed by atoms with E-state index in [2.05, 4.69) is 43.1 Å². The van der Waals surface area contributed by atoms with E-state index < -0.39 is 0 Å². The maximum Gasteiger partial charge on any atom is 0.132 e. The third-order valence-electron chi connectivity index (χ3n) is 3.00. The number of aryl methyl sites for hydroxylation is 1. The van der Waals surface area contributed by atoms with Gasteiger partial charge in [-0.2, -0.15) is 0 Å². The molecule has 3 aromatic rings. The second kappa shape index (κ2) is 10.7. The number of pyridine rings is 1. The van der Waals surface area contributed by atoms with Gasteiger partial charge in [-0.05, 0) is 22.4 Å². The molecule has 132 valence electrons. The minimum Gasteiger partial charge on any atom is -0.377 e. The molecule has 0 bridgehead atoms. The first-order chi connectivity index (χ1) is 11.7. The van der Waals surface area contributed by atoms with Crippen molar-refractivity contribution in [2.45, 2.75) is 47.6 Å². The van der Waals surface area contributed by atoms with Crippen molar-refractivity contribution in [1.82, 2.24) is 15.0 Å². The van der Waals surface area contributed by atoms with Gasteiger partial charge < -0.3 is 10.3 Å². The summed E-state index contributed by atoms with van der Waals surface area (Å²) in [6.07, 6.45) is 2.71. The number of nitrogens with zero attached hydrogens (tertiary/aromatic N) is 2. The summed E-state index contributed by atoms with van der Waals surface area (Å²) >= 11 is 11.3. The lowest BCUT2D eigenvalue weighted by Crippen LogP contribution is -2.00. The molecule has 0 saturated carbocycles. The van der Waals surface area contributed by atoms with Crippen molar-refractivity contribution in [3.05, 3.63) is 38.0 Å². The highest BCUT2D eigenvalue weighted by Gasteiger charge is 2.14. The molecule has 0 fully saturated rings. The lowest BCUT2D eigenvalue weighted by molar-refractivity contribution is 1.06. The van der Waals surface area contributed by atoms with Crippen LogP contribution in [0.4, 0.5) is 5.69 Å². The van der Waals surface area contributed by atoms with Crippen LogP contribution in [0.3, 0.4) is 0 Å². The molecule has 0 aliphatic heterocycles. The predicted molar refractivity (Wildman–Crippen MR) is 110 cm³/mol. The van der Waals surface area contributed by atoms with Crippen molar-refractivity contribution in [3.63, 3.8) is 0 Å². The summed E-state index contributed by atoms with van der Waals surface area (Å²) in [4.78, 5) is 12.0. The number of H-pyrrole nitrogens is 1. The lowest BCUT2D eigenvalue weighted by atomic mass is 10.3.